The van der Waals surface area contributed by atoms with E-state index in [4.69, 9.17) is 12.2 Å². The van der Waals surface area contributed by atoms with Crippen molar-refractivity contribution in [2.75, 3.05) is 11.2 Å². The number of non-ortho nitro benzene ring substituents is 1. The molecule has 0 aliphatic carbocycles. The Labute approximate surface area is 191 Å². The number of benzene rings is 3. The molecule has 0 bridgehead atoms. The number of hydrogen-bond donors (Lipinski definition) is 2. The Morgan fingerprint density at radius 1 is 1.00 bits per heavy atom. The van der Waals surface area contributed by atoms with Crippen LogP contribution in [0.25, 0.3) is 0 Å². The summed E-state index contributed by atoms with van der Waals surface area (Å²) >= 11 is 5.34. The number of nitrogens with zero attached hydrogens (tertiary/aromatic N) is 2. The molecule has 0 heterocycles. The van der Waals surface area contributed by atoms with Crippen LogP contribution in [0.2, 0.25) is 0 Å². The van der Waals surface area contributed by atoms with Crippen LogP contribution in [0, 0.1) is 17.0 Å². The molecule has 0 radical (unpaired) electrons. The molecular weight excluding hydrogens is 448 g/mol. The summed E-state index contributed by atoms with van der Waals surface area (Å²) in [7, 11) is -3.63. The van der Waals surface area contributed by atoms with Crippen molar-refractivity contribution in [3.63, 3.8) is 0 Å². The molecule has 8 nitrogen and oxygen atoms in total. The molecule has 0 saturated carbocycles. The van der Waals surface area contributed by atoms with E-state index in [-0.39, 0.29) is 21.5 Å². The smallest absolute Gasteiger partial charge is 0.269 e. The number of nitrogens with one attached hydrogen (secondary N) is 2. The molecule has 0 aliphatic rings. The van der Waals surface area contributed by atoms with E-state index < -0.39 is 20.6 Å². The highest BCUT2D eigenvalue weighted by Crippen LogP contribution is 2.16. The van der Waals surface area contributed by atoms with Gasteiger partial charge in [0.25, 0.3) is 5.69 Å². The molecule has 3 aromatic rings. The number of nitro benzene ring substituents is 1. The molecule has 164 valence electrons. The highest BCUT2D eigenvalue weighted by atomic mass is 32.2. The van der Waals surface area contributed by atoms with E-state index in [1.54, 1.807) is 18.2 Å². The van der Waals surface area contributed by atoms with Gasteiger partial charge in [-0.3, -0.25) is 15.1 Å². The molecule has 10 heteroatoms. The molecule has 0 spiro atoms. The van der Waals surface area contributed by atoms with Crippen LogP contribution in [0.5, 0.6) is 0 Å². The fraction of sp³-hybridized carbons (Fsp3) is 0.0909. The highest BCUT2D eigenvalue weighted by Gasteiger charge is 2.15. The van der Waals surface area contributed by atoms with Crippen LogP contribution in [0.15, 0.2) is 88.8 Å². The molecule has 2 N–H and O–H groups in total. The SMILES string of the molecule is Cc1ccc(/C(=N\CS(=O)(=O)c2ccccc2)NC(=S)Nc2ccc([N+](=O)[O-])cc2)cc1. The number of rotatable bonds is 6. The average Bonchev–Trinajstić information content (AvgIpc) is 2.78. The Balaban J connectivity index is 1.81. The maximum atomic E-state index is 12.6. The summed E-state index contributed by atoms with van der Waals surface area (Å²) in [5.41, 5.74) is 2.19. The Bertz CT molecular complexity index is 1240. The van der Waals surface area contributed by atoms with Gasteiger partial charge in [0.1, 0.15) is 11.7 Å². The third kappa shape index (κ3) is 6.19. The number of aliphatic imine (C=N–C) groups is 1. The summed E-state index contributed by atoms with van der Waals surface area (Å²) in [5, 5.41) is 16.8. The molecule has 0 aliphatic heterocycles. The molecule has 0 unspecified atom stereocenters. The summed E-state index contributed by atoms with van der Waals surface area (Å²) in [6, 6.07) is 21.2. The summed E-state index contributed by atoms with van der Waals surface area (Å²) in [6.45, 7) is 1.94. The lowest BCUT2D eigenvalue weighted by Crippen LogP contribution is -2.35. The number of thiocarbonyl (C=S) groups is 1. The van der Waals surface area contributed by atoms with Gasteiger partial charge in [-0.05, 0) is 43.4 Å². The third-order valence-electron chi connectivity index (χ3n) is 4.39. The van der Waals surface area contributed by atoms with Gasteiger partial charge in [0.05, 0.1) is 9.82 Å². The second-order valence-corrected chi connectivity index (χ2v) is 9.18. The molecule has 0 aromatic heterocycles. The minimum Gasteiger partial charge on any atom is -0.332 e. The van der Waals surface area contributed by atoms with Crippen molar-refractivity contribution in [2.24, 2.45) is 4.99 Å². The minimum absolute atomic E-state index is 0.0394. The molecule has 32 heavy (non-hydrogen) atoms. The molecule has 0 saturated heterocycles. The van der Waals surface area contributed by atoms with Crippen LogP contribution in [0.4, 0.5) is 11.4 Å². The highest BCUT2D eigenvalue weighted by molar-refractivity contribution is 7.91. The molecule has 3 rings (SSSR count). The van der Waals surface area contributed by atoms with E-state index in [9.17, 15) is 18.5 Å². The van der Waals surface area contributed by atoms with Gasteiger partial charge in [-0.2, -0.15) is 0 Å². The monoisotopic (exact) mass is 468 g/mol. The van der Waals surface area contributed by atoms with Gasteiger partial charge in [0.15, 0.2) is 14.9 Å². The van der Waals surface area contributed by atoms with Crippen molar-refractivity contribution in [1.29, 1.82) is 0 Å². The minimum atomic E-state index is -3.63. The van der Waals surface area contributed by atoms with E-state index in [0.29, 0.717) is 11.3 Å². The van der Waals surface area contributed by atoms with Gasteiger partial charge < -0.3 is 10.6 Å². The number of sulfone groups is 1. The summed E-state index contributed by atoms with van der Waals surface area (Å²) < 4.78 is 25.3. The van der Waals surface area contributed by atoms with E-state index in [0.717, 1.165) is 5.56 Å². The zero-order valence-corrected chi connectivity index (χ0v) is 18.7. The fourth-order valence-electron chi connectivity index (χ4n) is 2.70. The van der Waals surface area contributed by atoms with Crippen molar-refractivity contribution < 1.29 is 13.3 Å². The number of amidine groups is 1. The second kappa shape index (κ2) is 10.1. The third-order valence-corrected chi connectivity index (χ3v) is 6.05. The Morgan fingerprint density at radius 3 is 2.22 bits per heavy atom. The predicted molar refractivity (Wildman–Crippen MR) is 129 cm³/mol. The maximum absolute atomic E-state index is 12.6. The summed E-state index contributed by atoms with van der Waals surface area (Å²) in [5.74, 6) is -0.184. The number of nitro groups is 1. The molecule has 0 fully saturated rings. The van der Waals surface area contributed by atoms with Gasteiger partial charge in [0.2, 0.25) is 0 Å². The topological polar surface area (TPSA) is 114 Å². The Kier molecular flexibility index (Phi) is 7.29. The number of anilines is 1. The van der Waals surface area contributed by atoms with Gasteiger partial charge in [-0.15, -0.1) is 0 Å². The summed E-state index contributed by atoms with van der Waals surface area (Å²) in [6.07, 6.45) is 0. The first-order valence-electron chi connectivity index (χ1n) is 9.46. The van der Waals surface area contributed by atoms with Crippen molar-refractivity contribution >= 4 is 44.4 Å². The average molecular weight is 469 g/mol. The zero-order valence-electron chi connectivity index (χ0n) is 17.1. The number of hydrogen-bond acceptors (Lipinski definition) is 6. The van der Waals surface area contributed by atoms with Crippen molar-refractivity contribution in [3.8, 4) is 0 Å². The standard InChI is InChI=1S/C22H20N4O4S2/c1-16-7-9-17(10-8-16)21(23-15-32(29,30)20-5-3-2-4-6-20)25-22(31)24-18-11-13-19(14-12-18)26(27)28/h2-14H,15H2,1H3,(H2,23,24,25,31). The first-order chi connectivity index (χ1) is 15.2. The lowest BCUT2D eigenvalue weighted by Gasteiger charge is -2.14. The molecule has 3 aromatic carbocycles. The maximum Gasteiger partial charge on any atom is 0.269 e. The zero-order chi connectivity index (χ0) is 23.1. The van der Waals surface area contributed by atoms with Crippen LogP contribution < -0.4 is 10.6 Å². The molecular formula is C22H20N4O4S2. The van der Waals surface area contributed by atoms with Crippen LogP contribution >= 0.6 is 12.2 Å². The summed E-state index contributed by atoms with van der Waals surface area (Å²) in [4.78, 5) is 14.8. The van der Waals surface area contributed by atoms with Crippen molar-refractivity contribution in [3.05, 3.63) is 100 Å². The van der Waals surface area contributed by atoms with E-state index in [1.807, 2.05) is 31.2 Å². The quantitative estimate of drug-likeness (QED) is 0.184. The predicted octanol–water partition coefficient (Wildman–Crippen LogP) is 4.07. The van der Waals surface area contributed by atoms with Gasteiger partial charge in [-0.25, -0.2) is 8.42 Å². The molecule has 0 atom stereocenters. The van der Waals surface area contributed by atoms with Gasteiger partial charge >= 0.3 is 0 Å². The number of aryl methyl sites for hydroxylation is 1. The Hall–Kier alpha value is -3.63. The lowest BCUT2D eigenvalue weighted by atomic mass is 10.1. The van der Waals surface area contributed by atoms with Crippen LogP contribution in [-0.2, 0) is 9.84 Å². The lowest BCUT2D eigenvalue weighted by molar-refractivity contribution is -0.384. The van der Waals surface area contributed by atoms with E-state index >= 15 is 0 Å². The van der Waals surface area contributed by atoms with E-state index in [1.165, 1.54) is 36.4 Å². The van der Waals surface area contributed by atoms with Gasteiger partial charge in [-0.1, -0.05) is 48.0 Å². The first-order valence-corrected chi connectivity index (χ1v) is 11.5. The van der Waals surface area contributed by atoms with Crippen molar-refractivity contribution in [1.82, 2.24) is 5.32 Å². The first kappa shape index (κ1) is 23.0. The largest absolute Gasteiger partial charge is 0.332 e. The molecule has 0 amide bonds. The van der Waals surface area contributed by atoms with Crippen molar-refractivity contribution in [2.45, 2.75) is 11.8 Å². The normalized spacial score (nSPS) is 11.6. The van der Waals surface area contributed by atoms with Crippen LogP contribution in [0.3, 0.4) is 0 Å². The van der Waals surface area contributed by atoms with Crippen LogP contribution in [-0.4, -0.2) is 30.2 Å². The van der Waals surface area contributed by atoms with Gasteiger partial charge in [0, 0.05) is 23.4 Å². The fourth-order valence-corrected chi connectivity index (χ4v) is 3.94. The van der Waals surface area contributed by atoms with E-state index in [2.05, 4.69) is 15.6 Å². The van der Waals surface area contributed by atoms with Crippen LogP contribution in [0.1, 0.15) is 11.1 Å². The Morgan fingerprint density at radius 2 is 1.62 bits per heavy atom. The second-order valence-electron chi connectivity index (χ2n) is 6.81.